The summed E-state index contributed by atoms with van der Waals surface area (Å²) in [6.45, 7) is 1.40. The lowest BCUT2D eigenvalue weighted by Gasteiger charge is -2.30. The second kappa shape index (κ2) is 10.4. The first-order valence-corrected chi connectivity index (χ1v) is 9.69. The third-order valence-corrected chi connectivity index (χ3v) is 4.77. The molecule has 0 unspecified atom stereocenters. The maximum absolute atomic E-state index is 12.8. The predicted molar refractivity (Wildman–Crippen MR) is 108 cm³/mol. The molecule has 1 heterocycles. The molecule has 2 aromatic rings. The van der Waals surface area contributed by atoms with Crippen LogP contribution in [0.1, 0.15) is 18.4 Å². The molecule has 0 bridgehead atoms. The van der Waals surface area contributed by atoms with E-state index in [1.165, 1.54) is 24.3 Å². The standard InChI is InChI=1S/C23H24FNO4/c24-20-7-9-21(10-8-20)28-16-17-29-23(27)19-12-14-25(15-13-19)22(26)11-6-18-4-2-1-3-5-18/h1-11,19H,12-17H2/b11-6+. The van der Waals surface area contributed by atoms with E-state index in [9.17, 15) is 14.0 Å². The average molecular weight is 397 g/mol. The van der Waals surface area contributed by atoms with E-state index in [4.69, 9.17) is 9.47 Å². The van der Waals surface area contributed by atoms with Gasteiger partial charge in [-0.1, -0.05) is 30.3 Å². The lowest BCUT2D eigenvalue weighted by Crippen LogP contribution is -2.40. The third kappa shape index (κ3) is 6.45. The van der Waals surface area contributed by atoms with Gasteiger partial charge in [-0.05, 0) is 48.7 Å². The Hall–Kier alpha value is -3.15. The van der Waals surface area contributed by atoms with E-state index in [0.29, 0.717) is 31.7 Å². The maximum Gasteiger partial charge on any atom is 0.309 e. The Labute approximate surface area is 169 Å². The molecule has 1 saturated heterocycles. The smallest absolute Gasteiger partial charge is 0.309 e. The van der Waals surface area contributed by atoms with Gasteiger partial charge in [-0.25, -0.2) is 4.39 Å². The van der Waals surface area contributed by atoms with Crippen LogP contribution in [0.15, 0.2) is 60.7 Å². The fourth-order valence-electron chi connectivity index (χ4n) is 3.12. The van der Waals surface area contributed by atoms with Gasteiger partial charge in [0.1, 0.15) is 24.8 Å². The Bertz CT molecular complexity index is 828. The molecular formula is C23H24FNO4. The second-order valence-corrected chi connectivity index (χ2v) is 6.81. The van der Waals surface area contributed by atoms with Crippen LogP contribution < -0.4 is 4.74 Å². The van der Waals surface area contributed by atoms with Crippen molar-refractivity contribution < 1.29 is 23.5 Å². The van der Waals surface area contributed by atoms with Crippen LogP contribution in [0.25, 0.3) is 6.08 Å². The lowest BCUT2D eigenvalue weighted by molar-refractivity contribution is -0.152. The summed E-state index contributed by atoms with van der Waals surface area (Å²) in [4.78, 5) is 26.2. The number of halogens is 1. The molecule has 29 heavy (non-hydrogen) atoms. The number of carbonyl (C=O) groups is 2. The Kier molecular flexibility index (Phi) is 7.39. The summed E-state index contributed by atoms with van der Waals surface area (Å²) in [5.41, 5.74) is 0.974. The summed E-state index contributed by atoms with van der Waals surface area (Å²) in [6, 6.07) is 15.3. The first-order valence-electron chi connectivity index (χ1n) is 9.69. The van der Waals surface area contributed by atoms with Gasteiger partial charge in [0, 0.05) is 19.2 Å². The molecule has 2 aromatic carbocycles. The van der Waals surface area contributed by atoms with E-state index in [2.05, 4.69) is 0 Å². The summed E-state index contributed by atoms with van der Waals surface area (Å²) < 4.78 is 23.5. The van der Waals surface area contributed by atoms with Crippen LogP contribution in [0.5, 0.6) is 5.75 Å². The van der Waals surface area contributed by atoms with Gasteiger partial charge in [0.2, 0.25) is 5.91 Å². The summed E-state index contributed by atoms with van der Waals surface area (Å²) in [6.07, 6.45) is 4.54. The van der Waals surface area contributed by atoms with E-state index in [1.54, 1.807) is 17.1 Å². The van der Waals surface area contributed by atoms with Crippen LogP contribution in [0.4, 0.5) is 4.39 Å². The number of hydrogen-bond donors (Lipinski definition) is 0. The van der Waals surface area contributed by atoms with Crippen molar-refractivity contribution in [3.05, 3.63) is 72.1 Å². The number of likely N-dealkylation sites (tertiary alicyclic amines) is 1. The van der Waals surface area contributed by atoms with Gasteiger partial charge in [-0.3, -0.25) is 9.59 Å². The summed E-state index contributed by atoms with van der Waals surface area (Å²) in [5.74, 6) is -0.321. The molecule has 1 amide bonds. The SMILES string of the molecule is O=C(OCCOc1ccc(F)cc1)C1CCN(C(=O)/C=C/c2ccccc2)CC1. The van der Waals surface area contributed by atoms with Crippen LogP contribution in [0, 0.1) is 11.7 Å². The van der Waals surface area contributed by atoms with Crippen LogP contribution in [0.3, 0.4) is 0 Å². The number of esters is 1. The van der Waals surface area contributed by atoms with E-state index < -0.39 is 0 Å². The topological polar surface area (TPSA) is 55.8 Å². The van der Waals surface area contributed by atoms with Gasteiger partial charge in [0.15, 0.2) is 0 Å². The van der Waals surface area contributed by atoms with E-state index >= 15 is 0 Å². The van der Waals surface area contributed by atoms with E-state index in [0.717, 1.165) is 5.56 Å². The highest BCUT2D eigenvalue weighted by Gasteiger charge is 2.27. The van der Waals surface area contributed by atoms with Gasteiger partial charge in [-0.2, -0.15) is 0 Å². The van der Waals surface area contributed by atoms with Crippen molar-refractivity contribution in [1.82, 2.24) is 4.90 Å². The zero-order chi connectivity index (χ0) is 20.5. The van der Waals surface area contributed by atoms with Gasteiger partial charge in [0.05, 0.1) is 5.92 Å². The van der Waals surface area contributed by atoms with Gasteiger partial charge >= 0.3 is 5.97 Å². The molecule has 152 valence electrons. The fourth-order valence-corrected chi connectivity index (χ4v) is 3.12. The van der Waals surface area contributed by atoms with Crippen molar-refractivity contribution in [1.29, 1.82) is 0 Å². The van der Waals surface area contributed by atoms with Crippen molar-refractivity contribution in [3.8, 4) is 5.75 Å². The van der Waals surface area contributed by atoms with E-state index in [-0.39, 0.29) is 36.8 Å². The zero-order valence-electron chi connectivity index (χ0n) is 16.1. The normalized spacial score (nSPS) is 14.7. The summed E-state index contributed by atoms with van der Waals surface area (Å²) >= 11 is 0. The molecule has 6 heteroatoms. The van der Waals surface area contributed by atoms with Crippen molar-refractivity contribution in [3.63, 3.8) is 0 Å². The Morgan fingerprint density at radius 2 is 1.69 bits per heavy atom. The monoisotopic (exact) mass is 397 g/mol. The van der Waals surface area contributed by atoms with Crippen molar-refractivity contribution in [2.24, 2.45) is 5.92 Å². The Morgan fingerprint density at radius 3 is 2.38 bits per heavy atom. The zero-order valence-corrected chi connectivity index (χ0v) is 16.1. The Morgan fingerprint density at radius 1 is 1.00 bits per heavy atom. The number of benzene rings is 2. The number of ether oxygens (including phenoxy) is 2. The minimum absolute atomic E-state index is 0.0478. The number of piperidine rings is 1. The molecule has 5 nitrogen and oxygen atoms in total. The van der Waals surface area contributed by atoms with Gasteiger partial charge in [-0.15, -0.1) is 0 Å². The highest BCUT2D eigenvalue weighted by molar-refractivity contribution is 5.92. The molecule has 3 rings (SSSR count). The van der Waals surface area contributed by atoms with Crippen LogP contribution >= 0.6 is 0 Å². The van der Waals surface area contributed by atoms with Crippen molar-refractivity contribution >= 4 is 18.0 Å². The summed E-state index contributed by atoms with van der Waals surface area (Å²) in [7, 11) is 0. The minimum Gasteiger partial charge on any atom is -0.490 e. The number of hydrogen-bond acceptors (Lipinski definition) is 4. The molecule has 0 aliphatic carbocycles. The average Bonchev–Trinajstić information content (AvgIpc) is 2.77. The van der Waals surface area contributed by atoms with E-state index in [1.807, 2.05) is 30.3 Å². The molecule has 0 N–H and O–H groups in total. The molecule has 0 atom stereocenters. The van der Waals surface area contributed by atoms with Gasteiger partial charge < -0.3 is 14.4 Å². The third-order valence-electron chi connectivity index (χ3n) is 4.77. The van der Waals surface area contributed by atoms with Crippen molar-refractivity contribution in [2.75, 3.05) is 26.3 Å². The van der Waals surface area contributed by atoms with Crippen molar-refractivity contribution in [2.45, 2.75) is 12.8 Å². The Balaban J connectivity index is 1.35. The number of amides is 1. The number of nitrogens with zero attached hydrogens (tertiary/aromatic N) is 1. The van der Waals surface area contributed by atoms with Crippen LogP contribution in [-0.2, 0) is 14.3 Å². The highest BCUT2D eigenvalue weighted by Crippen LogP contribution is 2.19. The lowest BCUT2D eigenvalue weighted by atomic mass is 9.97. The fraction of sp³-hybridized carbons (Fsp3) is 0.304. The molecule has 0 radical (unpaired) electrons. The quantitative estimate of drug-likeness (QED) is 0.406. The largest absolute Gasteiger partial charge is 0.490 e. The number of rotatable bonds is 7. The second-order valence-electron chi connectivity index (χ2n) is 6.81. The van der Waals surface area contributed by atoms with Gasteiger partial charge in [0.25, 0.3) is 0 Å². The first-order chi connectivity index (χ1) is 14.1. The van der Waals surface area contributed by atoms with Crippen LogP contribution in [0.2, 0.25) is 0 Å². The highest BCUT2D eigenvalue weighted by atomic mass is 19.1. The molecule has 0 spiro atoms. The first kappa shape index (κ1) is 20.6. The predicted octanol–water partition coefficient (Wildman–Crippen LogP) is 3.70. The summed E-state index contributed by atoms with van der Waals surface area (Å²) in [5, 5.41) is 0. The molecular weight excluding hydrogens is 373 g/mol. The minimum atomic E-state index is -0.329. The number of carbonyl (C=O) groups excluding carboxylic acids is 2. The molecule has 1 aliphatic rings. The molecule has 0 aromatic heterocycles. The maximum atomic E-state index is 12.8. The molecule has 1 aliphatic heterocycles. The van der Waals surface area contributed by atoms with Crippen LogP contribution in [-0.4, -0.2) is 43.1 Å². The molecule has 0 saturated carbocycles. The molecule has 1 fully saturated rings.